The molecule has 0 aliphatic heterocycles. The molecule has 1 aromatic rings. The van der Waals surface area contributed by atoms with Crippen molar-refractivity contribution in [1.82, 2.24) is 4.98 Å². The number of aromatic nitrogens is 1. The molecule has 0 aliphatic carbocycles. The Bertz CT molecular complexity index is 252. The van der Waals surface area contributed by atoms with Gasteiger partial charge in [0.05, 0.1) is 0 Å². The lowest BCUT2D eigenvalue weighted by Gasteiger charge is -2.02. The molecule has 0 atom stereocenters. The van der Waals surface area contributed by atoms with Crippen LogP contribution in [0.25, 0.3) is 0 Å². The van der Waals surface area contributed by atoms with Gasteiger partial charge in [0, 0.05) is 16.9 Å². The van der Waals surface area contributed by atoms with Crippen LogP contribution in [0.2, 0.25) is 0 Å². The van der Waals surface area contributed by atoms with Crippen molar-refractivity contribution in [3.63, 3.8) is 0 Å². The number of nitrogens with zero attached hydrogens (tertiary/aromatic N) is 1. The minimum Gasteiger partial charge on any atom is -0.315 e. The van der Waals surface area contributed by atoms with Crippen molar-refractivity contribution in [3.05, 3.63) is 22.3 Å². The number of nitrogens with one attached hydrogen (secondary N) is 1. The van der Waals surface area contributed by atoms with Crippen LogP contribution in [0.3, 0.4) is 0 Å². The maximum Gasteiger partial charge on any atom is 0.136 e. The third kappa shape index (κ3) is 2.38. The van der Waals surface area contributed by atoms with E-state index in [2.05, 4.69) is 25.6 Å². The molecule has 11 heavy (non-hydrogen) atoms. The summed E-state index contributed by atoms with van der Waals surface area (Å²) in [7, 11) is 0. The molecule has 0 bridgehead atoms. The second-order valence-electron chi connectivity index (χ2n) is 2.12. The van der Waals surface area contributed by atoms with Gasteiger partial charge in [-0.05, 0) is 34.5 Å². The number of hydrogen-bond donors (Lipinski definition) is 1. The molecule has 0 fully saturated rings. The first-order valence-electron chi connectivity index (χ1n) is 3.15. The summed E-state index contributed by atoms with van der Waals surface area (Å²) in [6.45, 7) is 2.04. The number of rotatable bonds is 2. The number of aryl methyl sites for hydroxylation is 1. The summed E-state index contributed by atoms with van der Waals surface area (Å²) in [6.07, 6.45) is 3.77. The molecule has 0 aliphatic rings. The average Bonchev–Trinajstić information content (AvgIpc) is 1.98. The molecule has 0 unspecified atom stereocenters. The Labute approximate surface area is 79.1 Å². The number of anilines is 1. The predicted molar refractivity (Wildman–Crippen MR) is 53.8 cm³/mol. The van der Waals surface area contributed by atoms with E-state index in [0.717, 1.165) is 10.3 Å². The minimum atomic E-state index is 0.901. The molecule has 4 heteroatoms. The molecule has 1 N–H and O–H groups in total. The summed E-state index contributed by atoms with van der Waals surface area (Å²) in [5, 5.41) is 0. The molecule has 0 aromatic carbocycles. The predicted octanol–water partition coefficient (Wildman–Crippen LogP) is 2.84. The highest BCUT2D eigenvalue weighted by Crippen LogP contribution is 2.18. The Kier molecular flexibility index (Phi) is 3.20. The molecule has 0 radical (unpaired) electrons. The van der Waals surface area contributed by atoms with E-state index >= 15 is 0 Å². The van der Waals surface area contributed by atoms with E-state index in [1.807, 2.05) is 19.2 Å². The molecule has 1 heterocycles. The van der Waals surface area contributed by atoms with E-state index in [0.29, 0.717) is 0 Å². The van der Waals surface area contributed by atoms with Gasteiger partial charge in [0.25, 0.3) is 0 Å². The fraction of sp³-hybridized carbons (Fsp3) is 0.286. The zero-order valence-electron chi connectivity index (χ0n) is 6.39. The van der Waals surface area contributed by atoms with E-state index in [-0.39, 0.29) is 0 Å². The highest BCUT2D eigenvalue weighted by molar-refractivity contribution is 9.10. The highest BCUT2D eigenvalue weighted by Gasteiger charge is 1.96. The minimum absolute atomic E-state index is 0.901. The van der Waals surface area contributed by atoms with Crippen LogP contribution in [0.4, 0.5) is 5.82 Å². The summed E-state index contributed by atoms with van der Waals surface area (Å²) in [4.78, 5) is 4.15. The van der Waals surface area contributed by atoms with Gasteiger partial charge in [-0.3, -0.25) is 0 Å². The largest absolute Gasteiger partial charge is 0.315 e. The zero-order valence-corrected chi connectivity index (χ0v) is 8.79. The molecular formula is C7H9BrN2S. The normalized spacial score (nSPS) is 9.73. The van der Waals surface area contributed by atoms with Crippen LogP contribution in [0.1, 0.15) is 5.56 Å². The van der Waals surface area contributed by atoms with E-state index in [9.17, 15) is 0 Å². The molecule has 0 spiro atoms. The first kappa shape index (κ1) is 8.87. The molecule has 2 nitrogen and oxygen atoms in total. The average molecular weight is 233 g/mol. The number of halogens is 1. The Balaban J connectivity index is 2.86. The Morgan fingerprint density at radius 3 is 2.91 bits per heavy atom. The molecule has 0 saturated heterocycles. The molecule has 60 valence electrons. The lowest BCUT2D eigenvalue weighted by atomic mass is 10.3. The lowest BCUT2D eigenvalue weighted by Crippen LogP contribution is -1.89. The van der Waals surface area contributed by atoms with Crippen molar-refractivity contribution in [3.8, 4) is 0 Å². The van der Waals surface area contributed by atoms with Crippen LogP contribution in [0, 0.1) is 6.92 Å². The number of pyridine rings is 1. The van der Waals surface area contributed by atoms with Gasteiger partial charge in [-0.1, -0.05) is 11.9 Å². The molecule has 1 rings (SSSR count). The summed E-state index contributed by atoms with van der Waals surface area (Å²) in [5.74, 6) is 0.901. The maximum atomic E-state index is 4.15. The van der Waals surface area contributed by atoms with Gasteiger partial charge >= 0.3 is 0 Å². The Hall–Kier alpha value is -0.220. The van der Waals surface area contributed by atoms with Crippen LogP contribution in [0.5, 0.6) is 0 Å². The monoisotopic (exact) mass is 232 g/mol. The fourth-order valence-corrected chi connectivity index (χ4v) is 1.24. The van der Waals surface area contributed by atoms with Crippen molar-refractivity contribution in [1.29, 1.82) is 0 Å². The van der Waals surface area contributed by atoms with Crippen molar-refractivity contribution < 1.29 is 0 Å². The van der Waals surface area contributed by atoms with E-state index in [1.165, 1.54) is 5.56 Å². The maximum absolute atomic E-state index is 4.15. The van der Waals surface area contributed by atoms with Gasteiger partial charge in [-0.15, -0.1) is 0 Å². The quantitative estimate of drug-likeness (QED) is 0.795. The van der Waals surface area contributed by atoms with E-state index in [1.54, 1.807) is 18.1 Å². The molecular weight excluding hydrogens is 224 g/mol. The second-order valence-corrected chi connectivity index (χ2v) is 3.59. The smallest absolute Gasteiger partial charge is 0.136 e. The SMILES string of the molecule is CSNc1cc(C)c(Br)cn1. The van der Waals surface area contributed by atoms with Gasteiger partial charge in [0.1, 0.15) is 5.82 Å². The Morgan fingerprint density at radius 1 is 1.64 bits per heavy atom. The summed E-state index contributed by atoms with van der Waals surface area (Å²) < 4.78 is 4.11. The molecule has 0 amide bonds. The zero-order chi connectivity index (χ0) is 8.27. The van der Waals surface area contributed by atoms with Gasteiger partial charge < -0.3 is 4.72 Å². The summed E-state index contributed by atoms with van der Waals surface area (Å²) in [5.41, 5.74) is 1.19. The van der Waals surface area contributed by atoms with E-state index < -0.39 is 0 Å². The first-order valence-corrected chi connectivity index (χ1v) is 5.17. The third-order valence-corrected chi connectivity index (χ3v) is 2.50. The van der Waals surface area contributed by atoms with Crippen LogP contribution in [-0.2, 0) is 0 Å². The van der Waals surface area contributed by atoms with Crippen molar-refractivity contribution in [2.45, 2.75) is 6.92 Å². The van der Waals surface area contributed by atoms with Crippen LogP contribution in [0.15, 0.2) is 16.7 Å². The number of hydrogen-bond acceptors (Lipinski definition) is 3. The van der Waals surface area contributed by atoms with Crippen LogP contribution < -0.4 is 4.72 Å². The Morgan fingerprint density at radius 2 is 2.36 bits per heavy atom. The molecule has 1 aromatic heterocycles. The molecule has 0 saturated carbocycles. The third-order valence-electron chi connectivity index (χ3n) is 1.25. The van der Waals surface area contributed by atoms with Gasteiger partial charge in [-0.2, -0.15) is 0 Å². The standard InChI is InChI=1S/C7H9BrN2S/c1-5-3-7(10-11-2)9-4-6(5)8/h3-4H,1-2H3,(H,9,10). The van der Waals surface area contributed by atoms with Crippen molar-refractivity contribution in [2.75, 3.05) is 11.0 Å². The summed E-state index contributed by atoms with van der Waals surface area (Å²) in [6, 6.07) is 2.00. The van der Waals surface area contributed by atoms with Gasteiger partial charge in [-0.25, -0.2) is 4.98 Å². The topological polar surface area (TPSA) is 24.9 Å². The van der Waals surface area contributed by atoms with Crippen molar-refractivity contribution in [2.24, 2.45) is 0 Å². The van der Waals surface area contributed by atoms with Crippen molar-refractivity contribution >= 4 is 33.7 Å². The second kappa shape index (κ2) is 3.97. The summed E-state index contributed by atoms with van der Waals surface area (Å²) >= 11 is 4.92. The van der Waals surface area contributed by atoms with Gasteiger partial charge in [0.2, 0.25) is 0 Å². The van der Waals surface area contributed by atoms with Crippen LogP contribution in [-0.4, -0.2) is 11.2 Å². The highest BCUT2D eigenvalue weighted by atomic mass is 79.9. The fourth-order valence-electron chi connectivity index (χ4n) is 0.700. The van der Waals surface area contributed by atoms with Crippen LogP contribution >= 0.6 is 27.9 Å². The lowest BCUT2D eigenvalue weighted by molar-refractivity contribution is 1.27. The first-order chi connectivity index (χ1) is 5.24. The van der Waals surface area contributed by atoms with E-state index in [4.69, 9.17) is 0 Å². The van der Waals surface area contributed by atoms with Gasteiger partial charge in [0.15, 0.2) is 0 Å².